The zero-order chi connectivity index (χ0) is 17.8. The van der Waals surface area contributed by atoms with E-state index in [0.717, 1.165) is 11.6 Å². The van der Waals surface area contributed by atoms with Gasteiger partial charge in [-0.3, -0.25) is 0 Å². The van der Waals surface area contributed by atoms with Crippen LogP contribution in [0.4, 0.5) is 18.9 Å². The molecule has 1 N–H and O–H groups in total. The lowest BCUT2D eigenvalue weighted by Crippen LogP contribution is -2.31. The topological polar surface area (TPSA) is 12.0 Å². The molecule has 3 atom stereocenters. The zero-order valence-electron chi connectivity index (χ0n) is 12.9. The van der Waals surface area contributed by atoms with Gasteiger partial charge in [-0.05, 0) is 36.1 Å². The van der Waals surface area contributed by atoms with Crippen LogP contribution >= 0.6 is 23.2 Å². The molecular weight excluding hydrogens is 370 g/mol. The third-order valence-corrected chi connectivity index (χ3v) is 5.51. The molecule has 130 valence electrons. The van der Waals surface area contributed by atoms with Gasteiger partial charge in [-0.1, -0.05) is 53.6 Å². The molecule has 1 aliphatic heterocycles. The first-order valence-electron chi connectivity index (χ1n) is 7.94. The molecule has 4 rings (SSSR count). The molecule has 0 unspecified atom stereocenters. The molecule has 0 saturated heterocycles. The van der Waals surface area contributed by atoms with Crippen LogP contribution in [0.25, 0.3) is 0 Å². The number of benzene rings is 2. The quantitative estimate of drug-likeness (QED) is 0.531. The van der Waals surface area contributed by atoms with Crippen LogP contribution < -0.4 is 5.32 Å². The maximum absolute atomic E-state index is 13.5. The number of hydrogen-bond acceptors (Lipinski definition) is 1. The second-order valence-electron chi connectivity index (χ2n) is 6.41. The number of anilines is 1. The minimum absolute atomic E-state index is 0.0188. The summed E-state index contributed by atoms with van der Waals surface area (Å²) in [7, 11) is 0. The van der Waals surface area contributed by atoms with Crippen LogP contribution in [0.2, 0.25) is 10.0 Å². The summed E-state index contributed by atoms with van der Waals surface area (Å²) in [5.74, 6) is -0.0398. The van der Waals surface area contributed by atoms with Gasteiger partial charge < -0.3 is 5.32 Å². The molecule has 0 spiro atoms. The maximum atomic E-state index is 13.5. The van der Waals surface area contributed by atoms with Crippen molar-refractivity contribution in [1.29, 1.82) is 0 Å². The summed E-state index contributed by atoms with van der Waals surface area (Å²) >= 11 is 12.5. The summed E-state index contributed by atoms with van der Waals surface area (Å²) in [6.07, 6.45) is 0.354. The zero-order valence-corrected chi connectivity index (χ0v) is 14.5. The SMILES string of the molecule is FC(F)(F)c1ccccc1[C@@H]1Nc2cc(Cl)cc(Cl)c2[C@H]2C=CC[C@H]21. The van der Waals surface area contributed by atoms with Crippen molar-refractivity contribution in [3.8, 4) is 0 Å². The fourth-order valence-electron chi connectivity index (χ4n) is 3.98. The highest BCUT2D eigenvalue weighted by Crippen LogP contribution is 2.53. The highest BCUT2D eigenvalue weighted by Gasteiger charge is 2.43. The Bertz CT molecular complexity index is 860. The van der Waals surface area contributed by atoms with Gasteiger partial charge in [0.25, 0.3) is 0 Å². The first-order chi connectivity index (χ1) is 11.9. The number of alkyl halides is 3. The summed E-state index contributed by atoms with van der Waals surface area (Å²) in [6, 6.07) is 8.69. The number of nitrogens with one attached hydrogen (secondary N) is 1. The van der Waals surface area contributed by atoms with E-state index in [1.807, 2.05) is 12.2 Å². The number of halogens is 5. The number of rotatable bonds is 1. The highest BCUT2D eigenvalue weighted by molar-refractivity contribution is 6.35. The molecule has 1 heterocycles. The van der Waals surface area contributed by atoms with Gasteiger partial charge in [0.05, 0.1) is 11.6 Å². The molecule has 2 aromatic rings. The van der Waals surface area contributed by atoms with Gasteiger partial charge in [-0.2, -0.15) is 13.2 Å². The van der Waals surface area contributed by atoms with E-state index in [-0.39, 0.29) is 17.4 Å². The average Bonchev–Trinajstić information content (AvgIpc) is 3.02. The Kier molecular flexibility index (Phi) is 4.00. The van der Waals surface area contributed by atoms with Crippen LogP contribution in [0, 0.1) is 5.92 Å². The molecule has 0 amide bonds. The van der Waals surface area contributed by atoms with E-state index in [1.54, 1.807) is 24.3 Å². The van der Waals surface area contributed by atoms with Crippen LogP contribution in [0.3, 0.4) is 0 Å². The molecule has 0 saturated carbocycles. The minimum atomic E-state index is -4.40. The average molecular weight is 384 g/mol. The lowest BCUT2D eigenvalue weighted by molar-refractivity contribution is -0.138. The van der Waals surface area contributed by atoms with Crippen molar-refractivity contribution < 1.29 is 13.2 Å². The first-order valence-corrected chi connectivity index (χ1v) is 8.70. The fourth-order valence-corrected chi connectivity index (χ4v) is 4.60. The van der Waals surface area contributed by atoms with Crippen molar-refractivity contribution in [2.75, 3.05) is 5.32 Å². The van der Waals surface area contributed by atoms with Crippen molar-refractivity contribution in [2.45, 2.75) is 24.6 Å². The predicted molar refractivity (Wildman–Crippen MR) is 94.3 cm³/mol. The van der Waals surface area contributed by atoms with Crippen LogP contribution in [0.1, 0.15) is 35.1 Å². The Morgan fingerprint density at radius 1 is 1.08 bits per heavy atom. The van der Waals surface area contributed by atoms with Gasteiger partial charge in [0.15, 0.2) is 0 Å². The van der Waals surface area contributed by atoms with Gasteiger partial charge in [0.2, 0.25) is 0 Å². The van der Waals surface area contributed by atoms with Gasteiger partial charge in [0.1, 0.15) is 0 Å². The highest BCUT2D eigenvalue weighted by atomic mass is 35.5. The lowest BCUT2D eigenvalue weighted by Gasteiger charge is -2.39. The summed E-state index contributed by atoms with van der Waals surface area (Å²) in [5, 5.41) is 4.27. The Balaban J connectivity index is 1.86. The van der Waals surface area contributed by atoms with Crippen LogP contribution in [0.15, 0.2) is 48.6 Å². The predicted octanol–water partition coefficient (Wildman–Crippen LogP) is 6.84. The Labute approximate surface area is 153 Å². The monoisotopic (exact) mass is 383 g/mol. The fraction of sp³-hybridized carbons (Fsp3) is 0.263. The van der Waals surface area contributed by atoms with Crippen molar-refractivity contribution in [1.82, 2.24) is 0 Å². The van der Waals surface area contributed by atoms with Gasteiger partial charge in [-0.25, -0.2) is 0 Å². The minimum Gasteiger partial charge on any atom is -0.378 e. The van der Waals surface area contributed by atoms with Gasteiger partial charge in [0, 0.05) is 27.2 Å². The second-order valence-corrected chi connectivity index (χ2v) is 7.25. The van der Waals surface area contributed by atoms with Crippen molar-refractivity contribution in [2.24, 2.45) is 5.92 Å². The third-order valence-electron chi connectivity index (χ3n) is 4.98. The first kappa shape index (κ1) is 16.8. The summed E-state index contributed by atoms with van der Waals surface area (Å²) in [5.41, 5.74) is 1.27. The normalized spacial score (nSPS) is 24.6. The van der Waals surface area contributed by atoms with E-state index in [4.69, 9.17) is 23.2 Å². The smallest absolute Gasteiger partial charge is 0.378 e. The van der Waals surface area contributed by atoms with E-state index in [1.165, 1.54) is 6.07 Å². The molecule has 6 heteroatoms. The molecular formula is C19H14Cl2F3N. The van der Waals surface area contributed by atoms with Gasteiger partial charge >= 0.3 is 6.18 Å². The molecule has 25 heavy (non-hydrogen) atoms. The molecule has 2 aliphatic rings. The summed E-state index contributed by atoms with van der Waals surface area (Å²) in [6.45, 7) is 0. The van der Waals surface area contributed by atoms with E-state index >= 15 is 0 Å². The van der Waals surface area contributed by atoms with E-state index in [2.05, 4.69) is 5.32 Å². The van der Waals surface area contributed by atoms with E-state index < -0.39 is 17.8 Å². The van der Waals surface area contributed by atoms with Crippen LogP contribution in [0.5, 0.6) is 0 Å². The Hall–Kier alpha value is -1.65. The number of fused-ring (bicyclic) bond motifs is 3. The standard InChI is InChI=1S/C19H14Cl2F3N/c20-10-8-15(21)17-11-5-3-6-12(11)18(25-16(17)9-10)13-4-1-2-7-14(13)19(22,23)24/h1-5,7-9,11-12,18,25H,6H2/t11-,12+,18+/m0/s1. The van der Waals surface area contributed by atoms with Crippen molar-refractivity contribution in [3.05, 3.63) is 75.3 Å². The maximum Gasteiger partial charge on any atom is 0.416 e. The molecule has 0 radical (unpaired) electrons. The summed E-state index contributed by atoms with van der Waals surface area (Å²) < 4.78 is 40.5. The summed E-state index contributed by atoms with van der Waals surface area (Å²) in [4.78, 5) is 0. The molecule has 0 fully saturated rings. The van der Waals surface area contributed by atoms with E-state index in [0.29, 0.717) is 22.2 Å². The van der Waals surface area contributed by atoms with Crippen molar-refractivity contribution >= 4 is 28.9 Å². The largest absolute Gasteiger partial charge is 0.416 e. The molecule has 0 aromatic heterocycles. The second kappa shape index (κ2) is 5.96. The van der Waals surface area contributed by atoms with Crippen molar-refractivity contribution in [3.63, 3.8) is 0 Å². The van der Waals surface area contributed by atoms with E-state index in [9.17, 15) is 13.2 Å². The Morgan fingerprint density at radius 2 is 1.84 bits per heavy atom. The van der Waals surface area contributed by atoms with Crippen LogP contribution in [-0.4, -0.2) is 0 Å². The number of hydrogen-bond donors (Lipinski definition) is 1. The molecule has 1 nitrogen and oxygen atoms in total. The molecule has 2 aromatic carbocycles. The van der Waals surface area contributed by atoms with Gasteiger partial charge in [-0.15, -0.1) is 0 Å². The lowest BCUT2D eigenvalue weighted by atomic mass is 9.76. The number of allylic oxidation sites excluding steroid dienone is 2. The molecule has 0 bridgehead atoms. The van der Waals surface area contributed by atoms with Crippen LogP contribution in [-0.2, 0) is 6.18 Å². The molecule has 1 aliphatic carbocycles. The Morgan fingerprint density at radius 3 is 2.60 bits per heavy atom. The third kappa shape index (κ3) is 2.81.